The molecule has 22 heavy (non-hydrogen) atoms. The van der Waals surface area contributed by atoms with E-state index in [1.165, 1.54) is 44.6 Å². The van der Waals surface area contributed by atoms with Gasteiger partial charge in [0.2, 0.25) is 0 Å². The third kappa shape index (κ3) is 3.45. The third-order valence-electron chi connectivity index (χ3n) is 2.86. The maximum atomic E-state index is 12.3. The molecule has 0 amide bonds. The van der Waals surface area contributed by atoms with Crippen LogP contribution >= 0.6 is 15.9 Å². The van der Waals surface area contributed by atoms with Crippen LogP contribution in [0.2, 0.25) is 0 Å². The molecule has 0 saturated carbocycles. The van der Waals surface area contributed by atoms with Crippen LogP contribution in [0.3, 0.4) is 0 Å². The molecule has 6 nitrogen and oxygen atoms in total. The summed E-state index contributed by atoms with van der Waals surface area (Å²) in [5.41, 5.74) is 0.227. The molecule has 0 unspecified atom stereocenters. The summed E-state index contributed by atoms with van der Waals surface area (Å²) in [4.78, 5) is 0.0653. The SMILES string of the molecule is COc1ccc(NS(=O)(=O)c2ccc(OC)c(Br)c2)cc1O. The first-order chi connectivity index (χ1) is 10.4. The molecule has 2 aromatic carbocycles. The van der Waals surface area contributed by atoms with Crippen molar-refractivity contribution in [3.05, 3.63) is 40.9 Å². The quantitative estimate of drug-likeness (QED) is 0.823. The largest absolute Gasteiger partial charge is 0.504 e. The first-order valence-corrected chi connectivity index (χ1v) is 8.38. The van der Waals surface area contributed by atoms with Crippen LogP contribution in [0.5, 0.6) is 17.2 Å². The number of phenolic OH excluding ortho intramolecular Hbond substituents is 1. The zero-order valence-electron chi connectivity index (χ0n) is 11.8. The smallest absolute Gasteiger partial charge is 0.261 e. The molecule has 0 aliphatic rings. The van der Waals surface area contributed by atoms with Crippen molar-refractivity contribution >= 4 is 31.6 Å². The molecular weight excluding hydrogens is 374 g/mol. The van der Waals surface area contributed by atoms with Crippen molar-refractivity contribution in [2.45, 2.75) is 4.90 Å². The summed E-state index contributed by atoms with van der Waals surface area (Å²) < 4.78 is 37.5. The zero-order valence-corrected chi connectivity index (χ0v) is 14.2. The van der Waals surface area contributed by atoms with E-state index >= 15 is 0 Å². The lowest BCUT2D eigenvalue weighted by molar-refractivity contribution is 0.373. The van der Waals surface area contributed by atoms with E-state index in [0.717, 1.165) is 0 Å². The Morgan fingerprint density at radius 1 is 1.05 bits per heavy atom. The van der Waals surface area contributed by atoms with Gasteiger partial charge in [-0.25, -0.2) is 8.42 Å². The van der Waals surface area contributed by atoms with Crippen LogP contribution in [-0.4, -0.2) is 27.7 Å². The Labute approximate surface area is 136 Å². The highest BCUT2D eigenvalue weighted by atomic mass is 79.9. The molecule has 0 aromatic heterocycles. The second-order valence-corrected chi connectivity index (χ2v) is 6.83. The number of sulfonamides is 1. The molecule has 0 saturated heterocycles. The molecular formula is C14H14BrNO5S. The summed E-state index contributed by atoms with van der Waals surface area (Å²) in [6.45, 7) is 0. The third-order valence-corrected chi connectivity index (χ3v) is 4.86. The Hall–Kier alpha value is -1.93. The Bertz CT molecular complexity index is 792. The highest BCUT2D eigenvalue weighted by Gasteiger charge is 2.17. The van der Waals surface area contributed by atoms with Crippen LogP contribution in [-0.2, 0) is 10.0 Å². The van der Waals surface area contributed by atoms with Crippen molar-refractivity contribution in [3.8, 4) is 17.2 Å². The fourth-order valence-electron chi connectivity index (χ4n) is 1.78. The van der Waals surface area contributed by atoms with Crippen LogP contribution in [0.25, 0.3) is 0 Å². The van der Waals surface area contributed by atoms with Gasteiger partial charge in [0.25, 0.3) is 10.0 Å². The molecule has 0 atom stereocenters. The topological polar surface area (TPSA) is 84.9 Å². The molecule has 2 rings (SSSR count). The van der Waals surface area contributed by atoms with Crippen molar-refractivity contribution in [3.63, 3.8) is 0 Å². The predicted molar refractivity (Wildman–Crippen MR) is 86.2 cm³/mol. The first kappa shape index (κ1) is 16.4. The molecule has 2 aromatic rings. The number of rotatable bonds is 5. The fourth-order valence-corrected chi connectivity index (χ4v) is 3.55. The molecule has 0 aliphatic heterocycles. The van der Waals surface area contributed by atoms with Crippen molar-refractivity contribution in [1.29, 1.82) is 0 Å². The summed E-state index contributed by atoms with van der Waals surface area (Å²) in [5, 5.41) is 9.69. The lowest BCUT2D eigenvalue weighted by atomic mass is 10.3. The molecule has 0 heterocycles. The summed E-state index contributed by atoms with van der Waals surface area (Å²) in [6.07, 6.45) is 0. The van der Waals surface area contributed by atoms with Crippen LogP contribution in [0, 0.1) is 0 Å². The normalized spacial score (nSPS) is 11.0. The lowest BCUT2D eigenvalue weighted by Gasteiger charge is -2.11. The highest BCUT2D eigenvalue weighted by molar-refractivity contribution is 9.10. The van der Waals surface area contributed by atoms with E-state index in [9.17, 15) is 13.5 Å². The molecule has 0 spiro atoms. The van der Waals surface area contributed by atoms with Gasteiger partial charge in [0.15, 0.2) is 11.5 Å². The van der Waals surface area contributed by atoms with Crippen molar-refractivity contribution in [1.82, 2.24) is 0 Å². The second-order valence-electron chi connectivity index (χ2n) is 4.29. The molecule has 0 aliphatic carbocycles. The zero-order chi connectivity index (χ0) is 16.3. The number of anilines is 1. The average molecular weight is 388 g/mol. The molecule has 0 bridgehead atoms. The van der Waals surface area contributed by atoms with E-state index in [4.69, 9.17) is 9.47 Å². The van der Waals surface area contributed by atoms with Crippen LogP contribution < -0.4 is 14.2 Å². The van der Waals surface area contributed by atoms with E-state index < -0.39 is 10.0 Å². The van der Waals surface area contributed by atoms with Gasteiger partial charge >= 0.3 is 0 Å². The lowest BCUT2D eigenvalue weighted by Crippen LogP contribution is -2.13. The van der Waals surface area contributed by atoms with Crippen molar-refractivity contribution in [2.24, 2.45) is 0 Å². The van der Waals surface area contributed by atoms with E-state index in [1.54, 1.807) is 6.07 Å². The van der Waals surface area contributed by atoms with Gasteiger partial charge in [-0.3, -0.25) is 4.72 Å². The number of phenols is 1. The second kappa shape index (κ2) is 6.45. The van der Waals surface area contributed by atoms with Crippen LogP contribution in [0.4, 0.5) is 5.69 Å². The van der Waals surface area contributed by atoms with Crippen LogP contribution in [0.15, 0.2) is 45.8 Å². The Balaban J connectivity index is 2.31. The number of hydrogen-bond donors (Lipinski definition) is 2. The van der Waals surface area contributed by atoms with E-state index in [0.29, 0.717) is 10.2 Å². The summed E-state index contributed by atoms with van der Waals surface area (Å²) in [7, 11) is -0.881. The monoisotopic (exact) mass is 387 g/mol. The van der Waals surface area contributed by atoms with E-state index in [1.807, 2.05) is 0 Å². The maximum Gasteiger partial charge on any atom is 0.261 e. The molecule has 2 N–H and O–H groups in total. The van der Waals surface area contributed by atoms with Gasteiger partial charge in [0, 0.05) is 6.07 Å². The average Bonchev–Trinajstić information content (AvgIpc) is 2.47. The summed E-state index contributed by atoms with van der Waals surface area (Å²) >= 11 is 3.24. The Morgan fingerprint density at radius 3 is 2.23 bits per heavy atom. The van der Waals surface area contributed by atoms with E-state index in [2.05, 4.69) is 20.7 Å². The van der Waals surface area contributed by atoms with Gasteiger partial charge in [-0.2, -0.15) is 0 Å². The van der Waals surface area contributed by atoms with Crippen molar-refractivity contribution in [2.75, 3.05) is 18.9 Å². The number of halogens is 1. The minimum absolute atomic E-state index is 0.0653. The fraction of sp³-hybridized carbons (Fsp3) is 0.143. The van der Waals surface area contributed by atoms with Gasteiger partial charge < -0.3 is 14.6 Å². The number of hydrogen-bond acceptors (Lipinski definition) is 5. The summed E-state index contributed by atoms with van der Waals surface area (Å²) in [6, 6.07) is 8.64. The highest BCUT2D eigenvalue weighted by Crippen LogP contribution is 2.31. The number of nitrogens with one attached hydrogen (secondary N) is 1. The van der Waals surface area contributed by atoms with Crippen LogP contribution in [0.1, 0.15) is 0 Å². The summed E-state index contributed by atoms with van der Waals surface area (Å²) in [5.74, 6) is 0.634. The predicted octanol–water partition coefficient (Wildman–Crippen LogP) is 2.97. The molecule has 118 valence electrons. The minimum Gasteiger partial charge on any atom is -0.504 e. The number of ether oxygens (including phenoxy) is 2. The Kier molecular flexibility index (Phi) is 4.82. The standard InChI is InChI=1S/C14H14BrNO5S/c1-20-13-6-4-10(8-11(13)15)22(18,19)16-9-3-5-14(21-2)12(17)7-9/h3-8,16-17H,1-2H3. The Morgan fingerprint density at radius 2 is 1.68 bits per heavy atom. The maximum absolute atomic E-state index is 12.3. The van der Waals surface area contributed by atoms with Gasteiger partial charge in [-0.05, 0) is 46.3 Å². The van der Waals surface area contributed by atoms with Gasteiger partial charge in [0.1, 0.15) is 5.75 Å². The van der Waals surface area contributed by atoms with Crippen molar-refractivity contribution < 1.29 is 23.0 Å². The first-order valence-electron chi connectivity index (χ1n) is 6.10. The molecule has 0 fully saturated rings. The molecule has 0 radical (unpaired) electrons. The van der Waals surface area contributed by atoms with Gasteiger partial charge in [-0.1, -0.05) is 0 Å². The van der Waals surface area contributed by atoms with Gasteiger partial charge in [0.05, 0.1) is 29.3 Å². The number of aromatic hydroxyl groups is 1. The van der Waals surface area contributed by atoms with Gasteiger partial charge in [-0.15, -0.1) is 0 Å². The number of methoxy groups -OCH3 is 2. The molecule has 8 heteroatoms. The number of benzene rings is 2. The minimum atomic E-state index is -3.78. The van der Waals surface area contributed by atoms with E-state index in [-0.39, 0.29) is 22.1 Å².